The van der Waals surface area contributed by atoms with Gasteiger partial charge in [-0.1, -0.05) is 41.9 Å². The van der Waals surface area contributed by atoms with Crippen molar-refractivity contribution in [3.05, 3.63) is 83.1 Å². The normalized spacial score (nSPS) is 18.6. The minimum Gasteiger partial charge on any atom is -0.480 e. The number of amides is 1. The Morgan fingerprint density at radius 2 is 1.66 bits per heavy atom. The number of hydrogen-bond acceptors (Lipinski definition) is 4. The molecule has 29 heavy (non-hydrogen) atoms. The molecule has 6 nitrogen and oxygen atoms in total. The van der Waals surface area contributed by atoms with Gasteiger partial charge in [-0.15, -0.1) is 0 Å². The molecule has 0 radical (unpaired) electrons. The zero-order valence-corrected chi connectivity index (χ0v) is 16.2. The number of aliphatic carboxylic acids is 1. The molecule has 3 aromatic rings. The molecule has 1 aromatic heterocycles. The number of nitrogens with zero attached hydrogens (tertiary/aromatic N) is 3. The van der Waals surface area contributed by atoms with Crippen LogP contribution in [0.1, 0.15) is 34.8 Å². The minimum atomic E-state index is -1.01. The van der Waals surface area contributed by atoms with Gasteiger partial charge in [0, 0.05) is 28.5 Å². The lowest BCUT2D eigenvalue weighted by molar-refractivity contribution is -0.141. The molecule has 1 aliphatic rings. The van der Waals surface area contributed by atoms with Gasteiger partial charge in [-0.25, -0.2) is 14.8 Å². The third kappa shape index (κ3) is 3.71. The van der Waals surface area contributed by atoms with E-state index in [9.17, 15) is 14.7 Å². The third-order valence-corrected chi connectivity index (χ3v) is 5.47. The number of carboxylic acids is 1. The Kier molecular flexibility index (Phi) is 5.27. The smallest absolute Gasteiger partial charge is 0.326 e. The number of carbonyl (C=O) groups is 2. The summed E-state index contributed by atoms with van der Waals surface area (Å²) in [6.45, 7) is 0. The fourth-order valence-electron chi connectivity index (χ4n) is 3.75. The van der Waals surface area contributed by atoms with E-state index in [1.54, 1.807) is 48.8 Å². The SMILES string of the molecule is O=C(O)[C@@H]1CC[C@H](c2ccccc2Cl)N1C(=O)c1ccc(-c2ncccn2)cc1. The van der Waals surface area contributed by atoms with Crippen LogP contribution in [0.15, 0.2) is 67.0 Å². The number of rotatable bonds is 4. The standard InChI is InChI=1S/C22H18ClN3O3/c23-17-5-2-1-4-16(17)18-10-11-19(22(28)29)26(18)21(27)15-8-6-14(7-9-15)20-24-12-3-13-25-20/h1-9,12-13,18-19H,10-11H2,(H,28,29)/t18-,19+/m1/s1. The maximum absolute atomic E-state index is 13.3. The molecule has 0 spiro atoms. The van der Waals surface area contributed by atoms with E-state index in [0.29, 0.717) is 29.3 Å². The van der Waals surface area contributed by atoms with Crippen LogP contribution in [0.4, 0.5) is 0 Å². The van der Waals surface area contributed by atoms with Gasteiger partial charge in [-0.05, 0) is 42.7 Å². The number of carboxylic acid groups (broad SMARTS) is 1. The molecule has 1 amide bonds. The quantitative estimate of drug-likeness (QED) is 0.699. The summed E-state index contributed by atoms with van der Waals surface area (Å²) >= 11 is 6.34. The number of benzene rings is 2. The third-order valence-electron chi connectivity index (χ3n) is 5.12. The molecule has 146 valence electrons. The lowest BCUT2D eigenvalue weighted by Crippen LogP contribution is -2.41. The number of halogens is 1. The molecule has 1 saturated heterocycles. The Hall–Kier alpha value is -3.25. The van der Waals surface area contributed by atoms with Gasteiger partial charge < -0.3 is 10.0 Å². The fourth-order valence-corrected chi connectivity index (χ4v) is 4.01. The molecule has 0 aliphatic carbocycles. The summed E-state index contributed by atoms with van der Waals surface area (Å²) in [5, 5.41) is 10.2. The highest BCUT2D eigenvalue weighted by atomic mass is 35.5. The average Bonchev–Trinajstić information content (AvgIpc) is 3.19. The Morgan fingerprint density at radius 3 is 2.31 bits per heavy atom. The van der Waals surface area contributed by atoms with Crippen molar-refractivity contribution in [1.29, 1.82) is 0 Å². The minimum absolute atomic E-state index is 0.333. The molecular weight excluding hydrogens is 390 g/mol. The lowest BCUT2D eigenvalue weighted by atomic mass is 10.0. The molecule has 0 unspecified atom stereocenters. The highest BCUT2D eigenvalue weighted by Crippen LogP contribution is 2.40. The zero-order valence-electron chi connectivity index (χ0n) is 15.4. The van der Waals surface area contributed by atoms with Crippen molar-refractivity contribution in [3.63, 3.8) is 0 Å². The summed E-state index contributed by atoms with van der Waals surface area (Å²) in [5.41, 5.74) is 1.96. The van der Waals surface area contributed by atoms with Crippen molar-refractivity contribution in [2.75, 3.05) is 0 Å². The molecule has 0 saturated carbocycles. The second-order valence-corrected chi connectivity index (χ2v) is 7.24. The monoisotopic (exact) mass is 407 g/mol. The topological polar surface area (TPSA) is 83.4 Å². The largest absolute Gasteiger partial charge is 0.480 e. The van der Waals surface area contributed by atoms with Crippen molar-refractivity contribution >= 4 is 23.5 Å². The Labute approximate surface area is 172 Å². The van der Waals surface area contributed by atoms with Gasteiger partial charge in [0.2, 0.25) is 0 Å². The Bertz CT molecular complexity index is 1040. The first-order valence-electron chi connectivity index (χ1n) is 9.23. The maximum Gasteiger partial charge on any atom is 0.326 e. The highest BCUT2D eigenvalue weighted by Gasteiger charge is 2.42. The Morgan fingerprint density at radius 1 is 0.966 bits per heavy atom. The van der Waals surface area contributed by atoms with Gasteiger partial charge in [0.15, 0.2) is 5.82 Å². The molecule has 0 bridgehead atoms. The van der Waals surface area contributed by atoms with Gasteiger partial charge in [0.25, 0.3) is 5.91 Å². The predicted octanol–water partition coefficient (Wildman–Crippen LogP) is 4.23. The van der Waals surface area contributed by atoms with Gasteiger partial charge >= 0.3 is 5.97 Å². The maximum atomic E-state index is 13.3. The molecule has 1 N–H and O–H groups in total. The number of carbonyl (C=O) groups excluding carboxylic acids is 1. The summed E-state index contributed by atoms with van der Waals surface area (Å²) < 4.78 is 0. The van der Waals surface area contributed by atoms with Crippen molar-refractivity contribution < 1.29 is 14.7 Å². The summed E-state index contributed by atoms with van der Waals surface area (Å²) in [4.78, 5) is 34.9. The molecule has 1 fully saturated rings. The molecular formula is C22H18ClN3O3. The highest BCUT2D eigenvalue weighted by molar-refractivity contribution is 6.31. The first-order valence-corrected chi connectivity index (χ1v) is 9.61. The number of likely N-dealkylation sites (tertiary alicyclic amines) is 1. The molecule has 7 heteroatoms. The molecule has 2 atom stereocenters. The van der Waals surface area contributed by atoms with Crippen molar-refractivity contribution in [2.24, 2.45) is 0 Å². The predicted molar refractivity (Wildman–Crippen MR) is 108 cm³/mol. The van der Waals surface area contributed by atoms with E-state index in [2.05, 4.69) is 9.97 Å². The first kappa shape index (κ1) is 19.1. The second-order valence-electron chi connectivity index (χ2n) is 6.83. The van der Waals surface area contributed by atoms with Gasteiger partial charge in [-0.3, -0.25) is 4.79 Å². The van der Waals surface area contributed by atoms with E-state index in [0.717, 1.165) is 11.1 Å². The van der Waals surface area contributed by atoms with Gasteiger partial charge in [-0.2, -0.15) is 0 Å². The van der Waals surface area contributed by atoms with Crippen LogP contribution < -0.4 is 0 Å². The summed E-state index contributed by atoms with van der Waals surface area (Å²) in [7, 11) is 0. The molecule has 2 heterocycles. The Balaban J connectivity index is 1.67. The van der Waals surface area contributed by atoms with Gasteiger partial charge in [0.05, 0.1) is 6.04 Å². The summed E-state index contributed by atoms with van der Waals surface area (Å²) in [6, 6.07) is 14.6. The molecule has 1 aliphatic heterocycles. The van der Waals surface area contributed by atoms with E-state index >= 15 is 0 Å². The first-order chi connectivity index (χ1) is 14.1. The van der Waals surface area contributed by atoms with Crippen LogP contribution in [0.5, 0.6) is 0 Å². The average molecular weight is 408 g/mol. The number of hydrogen-bond donors (Lipinski definition) is 1. The van der Waals surface area contributed by atoms with Crippen molar-refractivity contribution in [2.45, 2.75) is 24.9 Å². The van der Waals surface area contributed by atoms with Crippen LogP contribution in [-0.4, -0.2) is 37.9 Å². The van der Waals surface area contributed by atoms with Crippen molar-refractivity contribution in [3.8, 4) is 11.4 Å². The van der Waals surface area contributed by atoms with E-state index in [1.165, 1.54) is 4.90 Å². The summed E-state index contributed by atoms with van der Waals surface area (Å²) in [6.07, 6.45) is 4.23. The lowest BCUT2D eigenvalue weighted by Gasteiger charge is -2.29. The van der Waals surface area contributed by atoms with Crippen LogP contribution in [0.25, 0.3) is 11.4 Å². The van der Waals surface area contributed by atoms with E-state index in [4.69, 9.17) is 11.6 Å². The summed E-state index contributed by atoms with van der Waals surface area (Å²) in [5.74, 6) is -0.785. The molecule has 4 rings (SSSR count). The van der Waals surface area contributed by atoms with Crippen LogP contribution in [0.3, 0.4) is 0 Å². The number of aromatic nitrogens is 2. The van der Waals surface area contributed by atoms with Crippen molar-refractivity contribution in [1.82, 2.24) is 14.9 Å². The van der Waals surface area contributed by atoms with E-state index in [-0.39, 0.29) is 11.9 Å². The van der Waals surface area contributed by atoms with Gasteiger partial charge in [0.1, 0.15) is 6.04 Å². The van der Waals surface area contributed by atoms with Crippen LogP contribution >= 0.6 is 11.6 Å². The van der Waals surface area contributed by atoms with Crippen LogP contribution in [0, 0.1) is 0 Å². The zero-order chi connectivity index (χ0) is 20.4. The van der Waals surface area contributed by atoms with Crippen LogP contribution in [-0.2, 0) is 4.79 Å². The fraction of sp³-hybridized carbons (Fsp3) is 0.182. The van der Waals surface area contributed by atoms with E-state index in [1.807, 2.05) is 18.2 Å². The van der Waals surface area contributed by atoms with Crippen LogP contribution in [0.2, 0.25) is 5.02 Å². The van der Waals surface area contributed by atoms with E-state index < -0.39 is 12.0 Å². The second kappa shape index (κ2) is 8.01. The molecule has 2 aromatic carbocycles.